The SMILES string of the molecule is CC1(C)C(=O)C(=Cc2cccc(N3CCOCC3)n2)CN(C(=O)Nc2ccc(F)cc2)C1Cc1ccccc1. The smallest absolute Gasteiger partial charge is 0.322 e. The molecule has 1 atom stereocenters. The minimum atomic E-state index is -0.859. The number of rotatable bonds is 5. The molecule has 1 unspecified atom stereocenters. The Labute approximate surface area is 228 Å². The normalized spacial score (nSPS) is 20.2. The number of pyridine rings is 1. The molecule has 3 heterocycles. The largest absolute Gasteiger partial charge is 0.378 e. The van der Waals surface area contributed by atoms with Crippen LogP contribution < -0.4 is 10.2 Å². The van der Waals surface area contributed by atoms with Gasteiger partial charge in [-0.3, -0.25) is 4.79 Å². The van der Waals surface area contributed by atoms with E-state index in [2.05, 4.69) is 10.2 Å². The van der Waals surface area contributed by atoms with E-state index in [1.807, 2.05) is 62.4 Å². The number of anilines is 2. The van der Waals surface area contributed by atoms with E-state index in [1.54, 1.807) is 11.0 Å². The molecule has 0 spiro atoms. The van der Waals surface area contributed by atoms with E-state index in [-0.39, 0.29) is 24.2 Å². The van der Waals surface area contributed by atoms with Gasteiger partial charge in [0.2, 0.25) is 0 Å². The number of likely N-dealkylation sites (tertiary alicyclic amines) is 1. The third kappa shape index (κ3) is 6.01. The molecule has 8 heteroatoms. The zero-order chi connectivity index (χ0) is 27.4. The van der Waals surface area contributed by atoms with Gasteiger partial charge in [-0.25, -0.2) is 14.2 Å². The molecule has 2 aliphatic heterocycles. The van der Waals surface area contributed by atoms with Crippen molar-refractivity contribution in [3.63, 3.8) is 0 Å². The average molecular weight is 529 g/mol. The highest BCUT2D eigenvalue weighted by atomic mass is 19.1. The predicted molar refractivity (Wildman–Crippen MR) is 150 cm³/mol. The quantitative estimate of drug-likeness (QED) is 0.461. The van der Waals surface area contributed by atoms with Crippen molar-refractivity contribution < 1.29 is 18.7 Å². The zero-order valence-corrected chi connectivity index (χ0v) is 22.3. The summed E-state index contributed by atoms with van der Waals surface area (Å²) in [5.41, 5.74) is 1.85. The lowest BCUT2D eigenvalue weighted by Gasteiger charge is -2.46. The molecule has 1 aromatic heterocycles. The van der Waals surface area contributed by atoms with E-state index in [9.17, 15) is 14.0 Å². The number of Topliss-reactive ketones (excluding diaryl/α,β-unsaturated/α-hetero) is 1. The highest BCUT2D eigenvalue weighted by Gasteiger charge is 2.47. The molecule has 3 aromatic rings. The van der Waals surface area contributed by atoms with E-state index in [0.29, 0.717) is 36.6 Å². The minimum Gasteiger partial charge on any atom is -0.378 e. The van der Waals surface area contributed by atoms with Crippen LogP contribution in [-0.4, -0.2) is 60.6 Å². The lowest BCUT2D eigenvalue weighted by atomic mass is 9.71. The van der Waals surface area contributed by atoms with E-state index in [4.69, 9.17) is 9.72 Å². The fourth-order valence-corrected chi connectivity index (χ4v) is 5.24. The number of nitrogens with one attached hydrogen (secondary N) is 1. The topological polar surface area (TPSA) is 74.8 Å². The van der Waals surface area contributed by atoms with Gasteiger partial charge in [-0.05, 0) is 54.5 Å². The Hall–Kier alpha value is -4.04. The van der Waals surface area contributed by atoms with Crippen LogP contribution in [0.1, 0.15) is 25.1 Å². The molecule has 0 radical (unpaired) electrons. The molecule has 7 nitrogen and oxygen atoms in total. The third-order valence-electron chi connectivity index (χ3n) is 7.47. The van der Waals surface area contributed by atoms with Crippen molar-refractivity contribution in [2.75, 3.05) is 43.1 Å². The molecule has 1 N–H and O–H groups in total. The summed E-state index contributed by atoms with van der Waals surface area (Å²) in [6, 6.07) is 20.5. The number of ketones is 1. The summed E-state index contributed by atoms with van der Waals surface area (Å²) in [5.74, 6) is 0.451. The summed E-state index contributed by atoms with van der Waals surface area (Å²) in [4.78, 5) is 36.2. The van der Waals surface area contributed by atoms with Crippen LogP contribution >= 0.6 is 0 Å². The summed E-state index contributed by atoms with van der Waals surface area (Å²) in [7, 11) is 0. The summed E-state index contributed by atoms with van der Waals surface area (Å²) in [6.07, 6.45) is 2.32. The van der Waals surface area contributed by atoms with Crippen LogP contribution in [0.3, 0.4) is 0 Å². The Balaban J connectivity index is 1.47. The standard InChI is InChI=1S/C31H33FN4O3/c1-31(2)27(19-22-7-4-3-5-8-22)36(30(38)34-25-13-11-24(32)12-14-25)21-23(29(31)37)20-26-9-6-10-28(33-26)35-15-17-39-18-16-35/h3-14,20,27H,15-19,21H2,1-2H3,(H,34,38). The van der Waals surface area contributed by atoms with Gasteiger partial charge in [0, 0.05) is 29.8 Å². The van der Waals surface area contributed by atoms with E-state index >= 15 is 0 Å². The molecule has 2 aliphatic rings. The minimum absolute atomic E-state index is 0.00663. The fourth-order valence-electron chi connectivity index (χ4n) is 5.24. The number of nitrogens with zero attached hydrogens (tertiary/aromatic N) is 3. The Kier molecular flexibility index (Phi) is 7.74. The first kappa shape index (κ1) is 26.6. The Morgan fingerprint density at radius 3 is 2.49 bits per heavy atom. The molecular formula is C31H33FN4O3. The van der Waals surface area contributed by atoms with Gasteiger partial charge in [-0.2, -0.15) is 0 Å². The van der Waals surface area contributed by atoms with Crippen LogP contribution in [0.15, 0.2) is 78.4 Å². The zero-order valence-electron chi connectivity index (χ0n) is 22.3. The number of ether oxygens (including phenoxy) is 1. The molecule has 0 saturated carbocycles. The second-order valence-electron chi connectivity index (χ2n) is 10.5. The number of hydrogen-bond donors (Lipinski definition) is 1. The van der Waals surface area contributed by atoms with Crippen LogP contribution in [-0.2, 0) is 16.0 Å². The number of morpholine rings is 1. The summed E-state index contributed by atoms with van der Waals surface area (Å²) < 4.78 is 18.9. The summed E-state index contributed by atoms with van der Waals surface area (Å²) in [5, 5.41) is 2.89. The second-order valence-corrected chi connectivity index (χ2v) is 10.5. The van der Waals surface area contributed by atoms with Crippen molar-refractivity contribution in [3.8, 4) is 0 Å². The fraction of sp³-hybridized carbons (Fsp3) is 0.323. The molecule has 2 amide bonds. The molecule has 202 valence electrons. The number of benzene rings is 2. The Morgan fingerprint density at radius 2 is 1.77 bits per heavy atom. The van der Waals surface area contributed by atoms with E-state index in [0.717, 1.165) is 24.5 Å². The molecule has 2 saturated heterocycles. The average Bonchev–Trinajstić information content (AvgIpc) is 2.95. The second kappa shape index (κ2) is 11.4. The molecule has 0 aliphatic carbocycles. The molecule has 39 heavy (non-hydrogen) atoms. The number of carbonyl (C=O) groups is 2. The Morgan fingerprint density at radius 1 is 1.05 bits per heavy atom. The van der Waals surface area contributed by atoms with Gasteiger partial charge in [-0.15, -0.1) is 0 Å². The highest BCUT2D eigenvalue weighted by molar-refractivity contribution is 6.06. The maximum atomic E-state index is 13.9. The van der Waals surface area contributed by atoms with Gasteiger partial charge in [0.15, 0.2) is 5.78 Å². The van der Waals surface area contributed by atoms with Crippen LogP contribution in [0.5, 0.6) is 0 Å². The molecule has 2 aromatic carbocycles. The Bertz CT molecular complexity index is 1350. The maximum absolute atomic E-state index is 13.9. The van der Waals surface area contributed by atoms with Crippen molar-refractivity contribution in [1.29, 1.82) is 0 Å². The van der Waals surface area contributed by atoms with Crippen molar-refractivity contribution in [1.82, 2.24) is 9.88 Å². The number of carbonyl (C=O) groups excluding carboxylic acids is 2. The van der Waals surface area contributed by atoms with Crippen LogP contribution in [0.25, 0.3) is 6.08 Å². The molecule has 2 fully saturated rings. The number of hydrogen-bond acceptors (Lipinski definition) is 5. The van der Waals surface area contributed by atoms with Gasteiger partial charge in [0.25, 0.3) is 0 Å². The van der Waals surface area contributed by atoms with Gasteiger partial charge in [-0.1, -0.05) is 50.2 Å². The van der Waals surface area contributed by atoms with Crippen molar-refractivity contribution in [2.24, 2.45) is 5.41 Å². The van der Waals surface area contributed by atoms with E-state index < -0.39 is 11.5 Å². The van der Waals surface area contributed by atoms with Gasteiger partial charge >= 0.3 is 6.03 Å². The highest BCUT2D eigenvalue weighted by Crippen LogP contribution is 2.38. The number of piperidine rings is 1. The first-order valence-corrected chi connectivity index (χ1v) is 13.2. The van der Waals surface area contributed by atoms with Crippen molar-refractivity contribution in [2.45, 2.75) is 26.3 Å². The first-order valence-electron chi connectivity index (χ1n) is 13.2. The van der Waals surface area contributed by atoms with E-state index in [1.165, 1.54) is 24.3 Å². The van der Waals surface area contributed by atoms with Crippen LogP contribution in [0, 0.1) is 11.2 Å². The van der Waals surface area contributed by atoms with Gasteiger partial charge in [0.05, 0.1) is 31.5 Å². The van der Waals surface area contributed by atoms with Crippen molar-refractivity contribution in [3.05, 3.63) is 95.4 Å². The van der Waals surface area contributed by atoms with Crippen LogP contribution in [0.4, 0.5) is 20.7 Å². The number of amides is 2. The summed E-state index contributed by atoms with van der Waals surface area (Å²) >= 11 is 0. The van der Waals surface area contributed by atoms with Crippen molar-refractivity contribution >= 4 is 29.4 Å². The first-order chi connectivity index (χ1) is 18.8. The predicted octanol–water partition coefficient (Wildman–Crippen LogP) is 5.20. The van der Waals surface area contributed by atoms with Gasteiger partial charge in [0.1, 0.15) is 11.6 Å². The van der Waals surface area contributed by atoms with Gasteiger partial charge < -0.3 is 19.9 Å². The number of halogens is 1. The van der Waals surface area contributed by atoms with Crippen LogP contribution in [0.2, 0.25) is 0 Å². The molecule has 0 bridgehead atoms. The lowest BCUT2D eigenvalue weighted by molar-refractivity contribution is -0.128. The number of aromatic nitrogens is 1. The molecule has 5 rings (SSSR count). The maximum Gasteiger partial charge on any atom is 0.322 e. The molecular weight excluding hydrogens is 495 g/mol. The third-order valence-corrected chi connectivity index (χ3v) is 7.47. The lowest BCUT2D eigenvalue weighted by Crippen LogP contribution is -2.59. The monoisotopic (exact) mass is 528 g/mol. The number of urea groups is 1. The summed E-state index contributed by atoms with van der Waals surface area (Å²) in [6.45, 7) is 6.75.